The van der Waals surface area contributed by atoms with Crippen LogP contribution in [-0.2, 0) is 22.4 Å². The van der Waals surface area contributed by atoms with E-state index in [9.17, 15) is 28.0 Å². The van der Waals surface area contributed by atoms with Crippen molar-refractivity contribution in [1.29, 1.82) is 0 Å². The second-order valence-corrected chi connectivity index (χ2v) is 15.4. The predicted octanol–water partition coefficient (Wildman–Crippen LogP) is 7.96. The van der Waals surface area contributed by atoms with E-state index in [4.69, 9.17) is 14.2 Å². The number of carbonyl (C=O) groups excluding carboxylic acids is 4. The Morgan fingerprint density at radius 1 is 1.02 bits per heavy atom. The first kappa shape index (κ1) is 38.4. The highest BCUT2D eigenvalue weighted by Gasteiger charge is 2.38. The number of aryl methyl sites for hydroxylation is 2. The number of pyridine rings is 1. The molecule has 14 heteroatoms. The van der Waals surface area contributed by atoms with E-state index < -0.39 is 41.9 Å². The van der Waals surface area contributed by atoms with Gasteiger partial charge in [-0.15, -0.1) is 11.3 Å². The third-order valence-corrected chi connectivity index (χ3v) is 10.1. The van der Waals surface area contributed by atoms with Crippen molar-refractivity contribution < 1.29 is 42.2 Å². The van der Waals surface area contributed by atoms with Gasteiger partial charge in [-0.25, -0.2) is 23.4 Å². The quantitative estimate of drug-likeness (QED) is 0.181. The number of alkyl carbamates (subject to hydrolysis) is 1. The Morgan fingerprint density at radius 2 is 1.76 bits per heavy atom. The van der Waals surface area contributed by atoms with Crippen LogP contribution < -0.4 is 15.4 Å². The average molecular weight is 761 g/mol. The molecule has 4 heterocycles. The van der Waals surface area contributed by atoms with Crippen LogP contribution in [0.4, 0.5) is 19.3 Å². The largest absolute Gasteiger partial charge is 0.493 e. The van der Waals surface area contributed by atoms with Gasteiger partial charge < -0.3 is 29.7 Å². The molecule has 0 unspecified atom stereocenters. The first-order valence-electron chi connectivity index (χ1n) is 17.6. The molecule has 2 aliphatic rings. The van der Waals surface area contributed by atoms with Gasteiger partial charge in [0.2, 0.25) is 0 Å². The van der Waals surface area contributed by atoms with E-state index in [-0.39, 0.29) is 54.0 Å². The third-order valence-electron chi connectivity index (χ3n) is 9.11. The Bertz CT molecular complexity index is 2120. The number of fused-ring (bicyclic) bond motifs is 3. The van der Waals surface area contributed by atoms with Gasteiger partial charge in [-0.1, -0.05) is 12.1 Å². The summed E-state index contributed by atoms with van der Waals surface area (Å²) in [5.41, 5.74) is 4.18. The summed E-state index contributed by atoms with van der Waals surface area (Å²) in [7, 11) is 1.16. The smallest absolute Gasteiger partial charge is 0.407 e. The van der Waals surface area contributed by atoms with Gasteiger partial charge in [0.25, 0.3) is 17.7 Å². The summed E-state index contributed by atoms with van der Waals surface area (Å²) in [6.45, 7) is 9.01. The summed E-state index contributed by atoms with van der Waals surface area (Å²) in [6.07, 6.45) is -0.0806. The highest BCUT2D eigenvalue weighted by Crippen LogP contribution is 2.43. The molecule has 2 N–H and O–H groups in total. The lowest BCUT2D eigenvalue weighted by Crippen LogP contribution is -2.46. The number of hydrogen-bond donors (Lipinski definition) is 2. The van der Waals surface area contributed by atoms with Crippen molar-refractivity contribution in [3.05, 3.63) is 87.0 Å². The summed E-state index contributed by atoms with van der Waals surface area (Å²) in [6, 6.07) is 12.0. The zero-order valence-electron chi connectivity index (χ0n) is 31.0. The van der Waals surface area contributed by atoms with Crippen LogP contribution in [0.25, 0.3) is 21.6 Å². The topological polar surface area (TPSA) is 136 Å². The van der Waals surface area contributed by atoms with Crippen molar-refractivity contribution in [1.82, 2.24) is 15.2 Å². The van der Waals surface area contributed by atoms with Crippen LogP contribution in [0.1, 0.15) is 87.2 Å². The lowest BCUT2D eigenvalue weighted by Gasteiger charge is -2.32. The lowest BCUT2D eigenvalue weighted by atomic mass is 9.93. The standard InChI is InChI=1S/C40H42F2N4O7S/c1-22-16-24(20-43-38(50)53-39(3,4)5)17-23(2)32(22)45-35(47)28-18-29-31(52-14-10-25-11-15-54-34(25)29)19-27(28)26-8-9-30(44-33(26)37(49)51-6)36(48)46-13-7-12-40(41,42)21-46/h8-9,11,15-19H,7,10,12-14,20-21H2,1-6H3,(H,43,50)(H,45,47). The fourth-order valence-corrected chi connectivity index (χ4v) is 7.67. The van der Waals surface area contributed by atoms with Crippen LogP contribution in [0.5, 0.6) is 5.75 Å². The fraction of sp³-hybridized carbons (Fsp3) is 0.375. The van der Waals surface area contributed by atoms with Gasteiger partial charge in [-0.05, 0) is 99.0 Å². The number of thiophene rings is 1. The number of methoxy groups -OCH3 is 1. The maximum atomic E-state index is 14.5. The third kappa shape index (κ3) is 8.38. The van der Waals surface area contributed by atoms with Gasteiger partial charge in [0, 0.05) is 58.7 Å². The zero-order chi connectivity index (χ0) is 38.9. The minimum absolute atomic E-state index is 0.128. The number of benzene rings is 2. The molecule has 0 radical (unpaired) electrons. The molecule has 1 fully saturated rings. The van der Waals surface area contributed by atoms with Crippen LogP contribution in [0.15, 0.2) is 47.8 Å². The van der Waals surface area contributed by atoms with Crippen molar-refractivity contribution in [3.63, 3.8) is 0 Å². The van der Waals surface area contributed by atoms with E-state index in [2.05, 4.69) is 15.6 Å². The molecule has 1 saturated heterocycles. The maximum Gasteiger partial charge on any atom is 0.407 e. The molecule has 0 bridgehead atoms. The SMILES string of the molecule is COC(=O)c1nc(C(=O)N2CCCC(F)(F)C2)ccc1-c1cc2c(cc1C(=O)Nc1c(C)cc(CNC(=O)OC(C)(C)C)cc1C)-c1sccc1CCO2. The number of carbonyl (C=O) groups is 4. The number of halogens is 2. The maximum absolute atomic E-state index is 14.5. The molecule has 0 aliphatic carbocycles. The Morgan fingerprint density at radius 3 is 2.44 bits per heavy atom. The van der Waals surface area contributed by atoms with Crippen LogP contribution in [0, 0.1) is 13.8 Å². The monoisotopic (exact) mass is 760 g/mol. The number of ether oxygens (including phenoxy) is 3. The molecule has 2 aromatic heterocycles. The van der Waals surface area contributed by atoms with Gasteiger partial charge in [0.1, 0.15) is 17.0 Å². The Balaban J connectivity index is 1.40. The number of esters is 1. The molecule has 2 aromatic carbocycles. The minimum Gasteiger partial charge on any atom is -0.493 e. The molecule has 2 aliphatic heterocycles. The molecule has 0 saturated carbocycles. The summed E-state index contributed by atoms with van der Waals surface area (Å²) in [4.78, 5) is 59.7. The number of nitrogens with one attached hydrogen (secondary N) is 2. The molecule has 0 atom stereocenters. The second-order valence-electron chi connectivity index (χ2n) is 14.5. The first-order valence-corrected chi connectivity index (χ1v) is 18.4. The Labute approximate surface area is 316 Å². The number of hydrogen-bond acceptors (Lipinski definition) is 9. The van der Waals surface area contributed by atoms with Crippen molar-refractivity contribution >= 4 is 40.9 Å². The van der Waals surface area contributed by atoms with E-state index in [1.807, 2.05) is 37.4 Å². The first-order chi connectivity index (χ1) is 25.5. The highest BCUT2D eigenvalue weighted by molar-refractivity contribution is 7.13. The van der Waals surface area contributed by atoms with Crippen molar-refractivity contribution in [2.24, 2.45) is 0 Å². The number of alkyl halides is 2. The molecule has 0 spiro atoms. The van der Waals surface area contributed by atoms with Gasteiger partial charge in [0.15, 0.2) is 5.69 Å². The van der Waals surface area contributed by atoms with E-state index in [0.717, 1.165) is 39.1 Å². The number of rotatable bonds is 7. The molecule has 284 valence electrons. The molecule has 6 rings (SSSR count). The molecule has 54 heavy (non-hydrogen) atoms. The minimum atomic E-state index is -3.03. The van der Waals surface area contributed by atoms with Gasteiger partial charge >= 0.3 is 12.1 Å². The molecular weight excluding hydrogens is 719 g/mol. The van der Waals surface area contributed by atoms with Crippen LogP contribution in [0.2, 0.25) is 0 Å². The van der Waals surface area contributed by atoms with E-state index in [1.54, 1.807) is 32.9 Å². The number of amides is 3. The van der Waals surface area contributed by atoms with Crippen LogP contribution in [-0.4, -0.2) is 72.1 Å². The second kappa shape index (κ2) is 15.2. The number of likely N-dealkylation sites (tertiary alicyclic amines) is 1. The molecule has 3 amide bonds. The summed E-state index contributed by atoms with van der Waals surface area (Å²) >= 11 is 1.52. The van der Waals surface area contributed by atoms with E-state index >= 15 is 0 Å². The predicted molar refractivity (Wildman–Crippen MR) is 201 cm³/mol. The van der Waals surface area contributed by atoms with Gasteiger partial charge in [-0.3, -0.25) is 9.59 Å². The van der Waals surface area contributed by atoms with E-state index in [0.29, 0.717) is 30.0 Å². The number of nitrogens with zero attached hydrogens (tertiary/aromatic N) is 2. The molecular formula is C40H42F2N4O7S. The zero-order valence-corrected chi connectivity index (χ0v) is 31.8. The lowest BCUT2D eigenvalue weighted by molar-refractivity contribution is -0.0561. The highest BCUT2D eigenvalue weighted by atomic mass is 32.1. The molecule has 11 nitrogen and oxygen atoms in total. The average Bonchev–Trinajstić information content (AvgIpc) is 3.51. The summed E-state index contributed by atoms with van der Waals surface area (Å²) in [5.74, 6) is -4.65. The Hall–Kier alpha value is -5.37. The molecule has 4 aromatic rings. The van der Waals surface area contributed by atoms with Gasteiger partial charge in [0.05, 0.1) is 20.3 Å². The Kier molecular flexibility index (Phi) is 10.8. The van der Waals surface area contributed by atoms with Crippen molar-refractivity contribution in [2.75, 3.05) is 32.1 Å². The normalized spacial score (nSPS) is 14.9. The van der Waals surface area contributed by atoms with E-state index in [1.165, 1.54) is 23.5 Å². The van der Waals surface area contributed by atoms with Crippen molar-refractivity contribution in [3.8, 4) is 27.3 Å². The number of piperidine rings is 1. The summed E-state index contributed by atoms with van der Waals surface area (Å²) < 4.78 is 45.0. The number of anilines is 1. The van der Waals surface area contributed by atoms with Crippen molar-refractivity contribution in [2.45, 2.75) is 71.9 Å². The van der Waals surface area contributed by atoms with Gasteiger partial charge in [-0.2, -0.15) is 0 Å². The fourth-order valence-electron chi connectivity index (χ4n) is 6.70. The van der Waals surface area contributed by atoms with Crippen LogP contribution in [0.3, 0.4) is 0 Å². The number of aromatic nitrogens is 1. The summed E-state index contributed by atoms with van der Waals surface area (Å²) in [5, 5.41) is 7.79. The van der Waals surface area contributed by atoms with Crippen LogP contribution >= 0.6 is 11.3 Å².